The van der Waals surface area contributed by atoms with Gasteiger partial charge in [0.1, 0.15) is 0 Å². The number of thioether (sulfide) groups is 1. The van der Waals surface area contributed by atoms with Gasteiger partial charge in [-0.2, -0.15) is 4.31 Å². The number of hydrogen-bond donors (Lipinski definition) is 1. The van der Waals surface area contributed by atoms with E-state index in [4.69, 9.17) is 0 Å². The summed E-state index contributed by atoms with van der Waals surface area (Å²) in [5.41, 5.74) is 1.07. The number of para-hydroxylation sites is 1. The number of piperidine rings is 1. The predicted molar refractivity (Wildman–Crippen MR) is 110 cm³/mol. The molecule has 0 spiro atoms. The van der Waals surface area contributed by atoms with Gasteiger partial charge in [-0.15, -0.1) is 11.8 Å². The summed E-state index contributed by atoms with van der Waals surface area (Å²) in [5.74, 6) is 0.589. The second kappa shape index (κ2) is 8.91. The van der Waals surface area contributed by atoms with Crippen LogP contribution in [0.5, 0.6) is 0 Å². The zero-order valence-electron chi connectivity index (χ0n) is 15.3. The van der Waals surface area contributed by atoms with Crippen LogP contribution in [0, 0.1) is 0 Å². The summed E-state index contributed by atoms with van der Waals surface area (Å²) in [6.07, 6.45) is 2.82. The van der Waals surface area contributed by atoms with E-state index in [0.717, 1.165) is 35.6 Å². The van der Waals surface area contributed by atoms with E-state index < -0.39 is 10.0 Å². The van der Waals surface area contributed by atoms with E-state index in [1.54, 1.807) is 30.0 Å². The minimum Gasteiger partial charge on any atom is -0.321 e. The average Bonchev–Trinajstić information content (AvgIpc) is 2.70. The van der Waals surface area contributed by atoms with Crippen LogP contribution in [0.2, 0.25) is 0 Å². The fourth-order valence-corrected chi connectivity index (χ4v) is 5.42. The number of nitrogens with one attached hydrogen (secondary N) is 1. The van der Waals surface area contributed by atoms with Crippen molar-refractivity contribution >= 4 is 33.4 Å². The second-order valence-corrected chi connectivity index (χ2v) is 9.62. The van der Waals surface area contributed by atoms with E-state index in [2.05, 4.69) is 12.2 Å². The van der Waals surface area contributed by atoms with Crippen molar-refractivity contribution < 1.29 is 13.2 Å². The number of rotatable bonds is 6. The lowest BCUT2D eigenvalue weighted by atomic mass is 10.2. The van der Waals surface area contributed by atoms with Crippen molar-refractivity contribution in [3.05, 3.63) is 54.1 Å². The van der Waals surface area contributed by atoms with E-state index in [1.807, 2.05) is 24.3 Å². The fourth-order valence-electron chi connectivity index (χ4n) is 3.10. The minimum atomic E-state index is -3.56. The first-order valence-corrected chi connectivity index (χ1v) is 11.6. The maximum absolute atomic E-state index is 12.9. The third-order valence-electron chi connectivity index (χ3n) is 4.48. The summed E-state index contributed by atoms with van der Waals surface area (Å²) in [4.78, 5) is 13.9. The highest BCUT2D eigenvalue weighted by molar-refractivity contribution is 7.99. The Kier molecular flexibility index (Phi) is 6.57. The molecule has 1 amide bonds. The summed E-state index contributed by atoms with van der Waals surface area (Å²) in [5, 5.41) is 2.90. The van der Waals surface area contributed by atoms with Gasteiger partial charge in [0, 0.05) is 23.5 Å². The first kappa shape index (κ1) is 19.9. The first-order valence-electron chi connectivity index (χ1n) is 9.16. The van der Waals surface area contributed by atoms with Gasteiger partial charge in [-0.05, 0) is 48.9 Å². The van der Waals surface area contributed by atoms with Crippen molar-refractivity contribution in [1.82, 2.24) is 4.31 Å². The molecule has 1 N–H and O–H groups in total. The number of benzene rings is 2. The van der Waals surface area contributed by atoms with Gasteiger partial charge in [0.05, 0.1) is 10.6 Å². The maximum atomic E-state index is 12.9. The molecule has 27 heavy (non-hydrogen) atoms. The van der Waals surface area contributed by atoms with E-state index >= 15 is 0 Å². The van der Waals surface area contributed by atoms with Crippen molar-refractivity contribution in [2.45, 2.75) is 36.0 Å². The molecule has 3 rings (SSSR count). The van der Waals surface area contributed by atoms with Gasteiger partial charge in [0.2, 0.25) is 10.0 Å². The monoisotopic (exact) mass is 404 g/mol. The number of hydrogen-bond acceptors (Lipinski definition) is 4. The third kappa shape index (κ3) is 4.72. The molecular weight excluding hydrogens is 380 g/mol. The SMILES string of the molecule is CCSc1ccccc1NC(=O)c1cccc(S(=O)(=O)N2CCCCC2)c1. The Morgan fingerprint density at radius 2 is 1.81 bits per heavy atom. The summed E-state index contributed by atoms with van der Waals surface area (Å²) in [6.45, 7) is 3.14. The van der Waals surface area contributed by atoms with Gasteiger partial charge < -0.3 is 5.32 Å². The molecular formula is C20H24N2O3S2. The molecule has 0 bridgehead atoms. The van der Waals surface area contributed by atoms with Crippen LogP contribution in [-0.4, -0.2) is 37.5 Å². The number of carbonyl (C=O) groups excluding carboxylic acids is 1. The van der Waals surface area contributed by atoms with Crippen LogP contribution in [0.15, 0.2) is 58.3 Å². The van der Waals surface area contributed by atoms with Crippen molar-refractivity contribution in [1.29, 1.82) is 0 Å². The molecule has 1 saturated heterocycles. The third-order valence-corrected chi connectivity index (χ3v) is 7.33. The number of amides is 1. The number of nitrogens with zero attached hydrogens (tertiary/aromatic N) is 1. The van der Waals surface area contributed by atoms with Gasteiger partial charge in [-0.25, -0.2) is 8.42 Å². The molecule has 1 fully saturated rings. The Hall–Kier alpha value is -1.83. The fraction of sp³-hybridized carbons (Fsp3) is 0.350. The lowest BCUT2D eigenvalue weighted by molar-refractivity contribution is 0.102. The molecule has 0 radical (unpaired) electrons. The normalized spacial score (nSPS) is 15.4. The zero-order valence-corrected chi connectivity index (χ0v) is 17.0. The van der Waals surface area contributed by atoms with E-state index in [1.165, 1.54) is 10.4 Å². The van der Waals surface area contributed by atoms with Crippen molar-refractivity contribution in [2.24, 2.45) is 0 Å². The Balaban J connectivity index is 1.82. The van der Waals surface area contributed by atoms with Crippen LogP contribution in [0.25, 0.3) is 0 Å². The van der Waals surface area contributed by atoms with Gasteiger partial charge in [-0.3, -0.25) is 4.79 Å². The molecule has 1 aliphatic heterocycles. The second-order valence-electron chi connectivity index (χ2n) is 6.38. The molecule has 144 valence electrons. The van der Waals surface area contributed by atoms with Crippen LogP contribution in [0.3, 0.4) is 0 Å². The van der Waals surface area contributed by atoms with Gasteiger partial charge >= 0.3 is 0 Å². The van der Waals surface area contributed by atoms with Crippen LogP contribution in [0.4, 0.5) is 5.69 Å². The number of sulfonamides is 1. The molecule has 2 aromatic rings. The van der Waals surface area contributed by atoms with E-state index in [-0.39, 0.29) is 10.8 Å². The Labute approximate surface area is 165 Å². The van der Waals surface area contributed by atoms with Crippen LogP contribution in [-0.2, 0) is 10.0 Å². The Bertz CT molecular complexity index is 907. The summed E-state index contributed by atoms with van der Waals surface area (Å²) >= 11 is 1.65. The molecule has 0 aliphatic carbocycles. The summed E-state index contributed by atoms with van der Waals surface area (Å²) < 4.78 is 27.2. The molecule has 0 atom stereocenters. The molecule has 2 aromatic carbocycles. The average molecular weight is 405 g/mol. The standard InChI is InChI=1S/C20H24N2O3S2/c1-2-26-19-12-5-4-11-18(19)21-20(23)16-9-8-10-17(15-16)27(24,25)22-13-6-3-7-14-22/h4-5,8-12,15H,2-3,6-7,13-14H2,1H3,(H,21,23). The van der Waals surface area contributed by atoms with Crippen molar-refractivity contribution in [3.8, 4) is 0 Å². The maximum Gasteiger partial charge on any atom is 0.255 e. The van der Waals surface area contributed by atoms with Gasteiger partial charge in [0.25, 0.3) is 5.91 Å². The largest absolute Gasteiger partial charge is 0.321 e. The smallest absolute Gasteiger partial charge is 0.255 e. The molecule has 0 saturated carbocycles. The van der Waals surface area contributed by atoms with Crippen molar-refractivity contribution in [2.75, 3.05) is 24.2 Å². The number of anilines is 1. The summed E-state index contributed by atoms with van der Waals surface area (Å²) in [7, 11) is -3.56. The lowest BCUT2D eigenvalue weighted by Gasteiger charge is -2.26. The van der Waals surface area contributed by atoms with Crippen LogP contribution in [0.1, 0.15) is 36.5 Å². The Morgan fingerprint density at radius 1 is 1.07 bits per heavy atom. The highest BCUT2D eigenvalue weighted by Crippen LogP contribution is 2.27. The first-order chi connectivity index (χ1) is 13.0. The molecule has 5 nitrogen and oxygen atoms in total. The molecule has 1 heterocycles. The predicted octanol–water partition coefficient (Wildman–Crippen LogP) is 4.23. The van der Waals surface area contributed by atoms with Gasteiger partial charge in [0.15, 0.2) is 0 Å². The van der Waals surface area contributed by atoms with Crippen molar-refractivity contribution in [3.63, 3.8) is 0 Å². The zero-order chi connectivity index (χ0) is 19.3. The van der Waals surface area contributed by atoms with Gasteiger partial charge in [-0.1, -0.05) is 31.5 Å². The van der Waals surface area contributed by atoms with Crippen LogP contribution < -0.4 is 5.32 Å². The Morgan fingerprint density at radius 3 is 2.56 bits per heavy atom. The molecule has 7 heteroatoms. The van der Waals surface area contributed by atoms with Crippen LogP contribution >= 0.6 is 11.8 Å². The number of carbonyl (C=O) groups is 1. The topological polar surface area (TPSA) is 66.5 Å². The highest BCUT2D eigenvalue weighted by Gasteiger charge is 2.26. The molecule has 0 unspecified atom stereocenters. The molecule has 0 aromatic heterocycles. The minimum absolute atomic E-state index is 0.174. The quantitative estimate of drug-likeness (QED) is 0.732. The van der Waals surface area contributed by atoms with E-state index in [0.29, 0.717) is 18.7 Å². The highest BCUT2D eigenvalue weighted by atomic mass is 32.2. The molecule has 1 aliphatic rings. The van der Waals surface area contributed by atoms with E-state index in [9.17, 15) is 13.2 Å². The lowest BCUT2D eigenvalue weighted by Crippen LogP contribution is -2.35. The summed E-state index contributed by atoms with van der Waals surface area (Å²) in [6, 6.07) is 13.9.